The van der Waals surface area contributed by atoms with E-state index in [0.717, 1.165) is 6.07 Å². The summed E-state index contributed by atoms with van der Waals surface area (Å²) in [5.41, 5.74) is 5.63. The van der Waals surface area contributed by atoms with Gasteiger partial charge in [-0.2, -0.15) is 4.31 Å². The number of nitrogen functional groups attached to an aromatic ring is 1. The summed E-state index contributed by atoms with van der Waals surface area (Å²) in [6.45, 7) is 2.51. The molecule has 0 bridgehead atoms. The van der Waals surface area contributed by atoms with Gasteiger partial charge in [0, 0.05) is 20.1 Å². The summed E-state index contributed by atoms with van der Waals surface area (Å²) in [6.07, 6.45) is 0. The van der Waals surface area contributed by atoms with Crippen LogP contribution in [0.3, 0.4) is 0 Å². The van der Waals surface area contributed by atoms with Gasteiger partial charge in [0.1, 0.15) is 5.82 Å². The molecular weight excluding hydrogens is 269 g/mol. The Bertz CT molecular complexity index is 558. The molecule has 0 saturated heterocycles. The zero-order chi connectivity index (χ0) is 14.8. The van der Waals surface area contributed by atoms with E-state index in [-0.39, 0.29) is 10.6 Å². The van der Waals surface area contributed by atoms with Crippen LogP contribution in [0, 0.1) is 12.7 Å². The second-order valence-electron chi connectivity index (χ2n) is 4.77. The molecule has 5 nitrogen and oxygen atoms in total. The summed E-state index contributed by atoms with van der Waals surface area (Å²) in [7, 11) is 1.58. The predicted octanol–water partition coefficient (Wildman–Crippen LogP) is 0.898. The highest BCUT2D eigenvalue weighted by Crippen LogP contribution is 2.23. The average molecular weight is 289 g/mol. The van der Waals surface area contributed by atoms with Gasteiger partial charge in [0.25, 0.3) is 0 Å². The lowest BCUT2D eigenvalue weighted by Gasteiger charge is -2.20. The van der Waals surface area contributed by atoms with Gasteiger partial charge < -0.3 is 10.6 Å². The van der Waals surface area contributed by atoms with Crippen LogP contribution in [0.1, 0.15) is 5.56 Å². The molecule has 1 aromatic carbocycles. The fourth-order valence-electron chi connectivity index (χ4n) is 1.58. The maximum absolute atomic E-state index is 13.3. The Labute approximate surface area is 113 Å². The lowest BCUT2D eigenvalue weighted by atomic mass is 10.2. The van der Waals surface area contributed by atoms with Crippen molar-refractivity contribution >= 4 is 15.7 Å². The third-order valence-electron chi connectivity index (χ3n) is 2.84. The number of nitrogens with zero attached hydrogens (tertiary/aromatic N) is 2. The van der Waals surface area contributed by atoms with Crippen LogP contribution < -0.4 is 5.73 Å². The normalized spacial score (nSPS) is 12.4. The maximum Gasteiger partial charge on any atom is 0.243 e. The van der Waals surface area contributed by atoms with Crippen molar-refractivity contribution in [3.63, 3.8) is 0 Å². The summed E-state index contributed by atoms with van der Waals surface area (Å²) in [6, 6.07) is 2.31. The number of sulfonamides is 1. The molecule has 0 aliphatic heterocycles. The van der Waals surface area contributed by atoms with Gasteiger partial charge in [0.2, 0.25) is 10.0 Å². The van der Waals surface area contributed by atoms with Crippen LogP contribution in [-0.2, 0) is 10.0 Å². The van der Waals surface area contributed by atoms with Crippen molar-refractivity contribution in [2.75, 3.05) is 40.0 Å². The number of hydrogen-bond donors (Lipinski definition) is 1. The van der Waals surface area contributed by atoms with Crippen molar-refractivity contribution < 1.29 is 12.8 Å². The van der Waals surface area contributed by atoms with Crippen LogP contribution >= 0.6 is 0 Å². The largest absolute Gasteiger partial charge is 0.396 e. The number of rotatable bonds is 5. The zero-order valence-corrected chi connectivity index (χ0v) is 12.5. The molecule has 2 N–H and O–H groups in total. The van der Waals surface area contributed by atoms with Gasteiger partial charge in [0.05, 0.1) is 10.6 Å². The Morgan fingerprint density at radius 1 is 1.21 bits per heavy atom. The topological polar surface area (TPSA) is 66.6 Å². The summed E-state index contributed by atoms with van der Waals surface area (Å²) in [5, 5.41) is 0. The Balaban J connectivity index is 3.10. The quantitative estimate of drug-likeness (QED) is 0.818. The zero-order valence-electron chi connectivity index (χ0n) is 11.6. The lowest BCUT2D eigenvalue weighted by molar-refractivity contribution is 0.358. The van der Waals surface area contributed by atoms with Crippen LogP contribution in [-0.4, -0.2) is 51.9 Å². The number of likely N-dealkylation sites (N-methyl/N-ethyl adjacent to an activating group) is 2. The van der Waals surface area contributed by atoms with E-state index in [9.17, 15) is 12.8 Å². The van der Waals surface area contributed by atoms with Gasteiger partial charge in [0.15, 0.2) is 0 Å². The number of hydrogen-bond acceptors (Lipinski definition) is 4. The van der Waals surface area contributed by atoms with E-state index < -0.39 is 15.8 Å². The van der Waals surface area contributed by atoms with Gasteiger partial charge in [-0.25, -0.2) is 12.8 Å². The minimum atomic E-state index is -3.64. The van der Waals surface area contributed by atoms with Gasteiger partial charge in [-0.15, -0.1) is 0 Å². The fourth-order valence-corrected chi connectivity index (χ4v) is 2.97. The third-order valence-corrected chi connectivity index (χ3v) is 4.84. The highest BCUT2D eigenvalue weighted by atomic mass is 32.2. The van der Waals surface area contributed by atoms with E-state index in [1.165, 1.54) is 17.4 Å². The minimum Gasteiger partial charge on any atom is -0.396 e. The number of anilines is 1. The molecule has 0 radical (unpaired) electrons. The monoisotopic (exact) mass is 289 g/mol. The molecular formula is C12H20FN3O2S. The third kappa shape index (κ3) is 3.65. The second kappa shape index (κ2) is 5.85. The van der Waals surface area contributed by atoms with Crippen molar-refractivity contribution in [3.8, 4) is 0 Å². The SMILES string of the molecule is Cc1cc(F)c(N)cc1S(=O)(=O)N(C)CCN(C)C. The van der Waals surface area contributed by atoms with Crippen molar-refractivity contribution in [2.24, 2.45) is 0 Å². The van der Waals surface area contributed by atoms with Crippen LogP contribution in [0.5, 0.6) is 0 Å². The fraction of sp³-hybridized carbons (Fsp3) is 0.500. The molecule has 0 atom stereocenters. The molecule has 0 saturated carbocycles. The average Bonchev–Trinajstić information content (AvgIpc) is 2.30. The smallest absolute Gasteiger partial charge is 0.243 e. The molecule has 108 valence electrons. The van der Waals surface area contributed by atoms with E-state index in [2.05, 4.69) is 0 Å². The van der Waals surface area contributed by atoms with Crippen LogP contribution in [0.2, 0.25) is 0 Å². The molecule has 0 amide bonds. The van der Waals surface area contributed by atoms with E-state index in [1.807, 2.05) is 19.0 Å². The van der Waals surface area contributed by atoms with Gasteiger partial charge >= 0.3 is 0 Å². The van der Waals surface area contributed by atoms with Gasteiger partial charge in [-0.1, -0.05) is 0 Å². The van der Waals surface area contributed by atoms with Crippen LogP contribution in [0.15, 0.2) is 17.0 Å². The molecule has 0 aliphatic carbocycles. The Morgan fingerprint density at radius 3 is 2.32 bits per heavy atom. The molecule has 19 heavy (non-hydrogen) atoms. The standard InChI is InChI=1S/C12H20FN3O2S/c1-9-7-10(13)11(14)8-12(9)19(17,18)16(4)6-5-15(2)3/h7-8H,5-6,14H2,1-4H3. The molecule has 0 aliphatic rings. The first-order valence-corrected chi connectivity index (χ1v) is 7.27. The number of halogens is 1. The Morgan fingerprint density at radius 2 is 1.79 bits per heavy atom. The highest BCUT2D eigenvalue weighted by Gasteiger charge is 2.23. The highest BCUT2D eigenvalue weighted by molar-refractivity contribution is 7.89. The Kier molecular flexibility index (Phi) is 4.89. The molecule has 0 aromatic heterocycles. The van der Waals surface area contributed by atoms with E-state index in [4.69, 9.17) is 5.73 Å². The first-order chi connectivity index (χ1) is 8.66. The number of nitrogens with two attached hydrogens (primary N) is 1. The Hall–Kier alpha value is -1.18. The van der Waals surface area contributed by atoms with Gasteiger partial charge in [-0.05, 0) is 38.7 Å². The summed E-state index contributed by atoms with van der Waals surface area (Å²) in [4.78, 5) is 1.94. The van der Waals surface area contributed by atoms with Gasteiger partial charge in [-0.3, -0.25) is 0 Å². The lowest BCUT2D eigenvalue weighted by Crippen LogP contribution is -2.34. The maximum atomic E-state index is 13.3. The molecule has 0 unspecified atom stereocenters. The summed E-state index contributed by atoms with van der Waals surface area (Å²) in [5.74, 6) is -0.604. The first kappa shape index (κ1) is 15.9. The molecule has 0 spiro atoms. The van der Waals surface area contributed by atoms with Crippen LogP contribution in [0.4, 0.5) is 10.1 Å². The molecule has 0 heterocycles. The van der Waals surface area contributed by atoms with E-state index in [1.54, 1.807) is 6.92 Å². The molecule has 1 rings (SSSR count). The summed E-state index contributed by atoms with van der Waals surface area (Å²) < 4.78 is 39.2. The first-order valence-electron chi connectivity index (χ1n) is 5.83. The van der Waals surface area contributed by atoms with Crippen molar-refractivity contribution in [1.82, 2.24) is 9.21 Å². The minimum absolute atomic E-state index is 0.0488. The second-order valence-corrected chi connectivity index (χ2v) is 6.78. The van der Waals surface area contributed by atoms with Crippen LogP contribution in [0.25, 0.3) is 0 Å². The number of benzene rings is 1. The molecule has 7 heteroatoms. The molecule has 0 fully saturated rings. The number of aryl methyl sites for hydroxylation is 1. The predicted molar refractivity (Wildman–Crippen MR) is 73.9 cm³/mol. The van der Waals surface area contributed by atoms with Crippen molar-refractivity contribution in [2.45, 2.75) is 11.8 Å². The van der Waals surface area contributed by atoms with E-state index >= 15 is 0 Å². The summed E-state index contributed by atoms with van der Waals surface area (Å²) >= 11 is 0. The van der Waals surface area contributed by atoms with E-state index in [0.29, 0.717) is 18.7 Å². The molecule has 1 aromatic rings. The van der Waals surface area contributed by atoms with Crippen molar-refractivity contribution in [3.05, 3.63) is 23.5 Å². The van der Waals surface area contributed by atoms with Crippen molar-refractivity contribution in [1.29, 1.82) is 0 Å².